The van der Waals surface area contributed by atoms with Crippen molar-refractivity contribution in [1.29, 1.82) is 0 Å². The van der Waals surface area contributed by atoms with Gasteiger partial charge in [-0.15, -0.1) is 0 Å². The van der Waals surface area contributed by atoms with E-state index < -0.39 is 0 Å². The first kappa shape index (κ1) is 20.2. The molecular formula is C27H33N3O. The molecule has 2 fully saturated rings. The van der Waals surface area contributed by atoms with Gasteiger partial charge < -0.3 is 10.1 Å². The lowest BCUT2D eigenvalue weighted by molar-refractivity contribution is 0.338. The van der Waals surface area contributed by atoms with Gasteiger partial charge in [0, 0.05) is 24.0 Å². The van der Waals surface area contributed by atoms with E-state index in [2.05, 4.69) is 70.7 Å². The molecule has 0 unspecified atom stereocenters. The van der Waals surface area contributed by atoms with Gasteiger partial charge in [-0.25, -0.2) is 0 Å². The summed E-state index contributed by atoms with van der Waals surface area (Å²) in [6, 6.07) is 16.1. The average molecular weight is 416 g/mol. The first-order valence-electron chi connectivity index (χ1n) is 11.7. The van der Waals surface area contributed by atoms with E-state index in [0.29, 0.717) is 12.0 Å². The van der Waals surface area contributed by atoms with E-state index in [0.717, 1.165) is 18.2 Å². The van der Waals surface area contributed by atoms with Crippen molar-refractivity contribution < 1.29 is 4.74 Å². The number of nitrogens with zero attached hydrogens (tertiary/aromatic N) is 2. The zero-order valence-corrected chi connectivity index (χ0v) is 18.7. The van der Waals surface area contributed by atoms with Crippen molar-refractivity contribution in [2.45, 2.75) is 57.4 Å². The topological polar surface area (TPSA) is 39.1 Å². The molecule has 1 N–H and O–H groups in total. The van der Waals surface area contributed by atoms with Crippen molar-refractivity contribution in [2.75, 3.05) is 19.0 Å². The number of aromatic nitrogens is 2. The second-order valence-electron chi connectivity index (χ2n) is 9.35. The summed E-state index contributed by atoms with van der Waals surface area (Å²) in [6.07, 6.45) is 11.9. The molecule has 2 aliphatic carbocycles. The molecule has 2 aromatic carbocycles. The molecule has 0 aliphatic heterocycles. The minimum Gasteiger partial charge on any atom is -0.496 e. The summed E-state index contributed by atoms with van der Waals surface area (Å²) in [5.41, 5.74) is 6.39. The molecule has 2 saturated carbocycles. The Balaban J connectivity index is 1.15. The molecule has 0 atom stereocenters. The summed E-state index contributed by atoms with van der Waals surface area (Å²) in [4.78, 5) is 0. The molecule has 4 heteroatoms. The maximum Gasteiger partial charge on any atom is 0.121 e. The number of rotatable bonds is 7. The van der Waals surface area contributed by atoms with Crippen LogP contribution in [0.4, 0.5) is 5.69 Å². The van der Waals surface area contributed by atoms with Gasteiger partial charge in [0.2, 0.25) is 0 Å². The molecule has 2 aliphatic rings. The van der Waals surface area contributed by atoms with Gasteiger partial charge in [-0.2, -0.15) is 5.10 Å². The summed E-state index contributed by atoms with van der Waals surface area (Å²) in [6.45, 7) is 3.20. The lowest BCUT2D eigenvalue weighted by Gasteiger charge is -2.29. The van der Waals surface area contributed by atoms with Crippen LogP contribution < -0.4 is 10.1 Å². The standard InChI is InChI=1S/C27H33N3O/c1-19-14-23(10-13-27(19)31-2)21-8-6-20(7-9-21)16-28-25-5-3-4-22(15-25)24-17-29-30(18-24)26-11-12-26/h3-5,10,13-15,17-18,20-21,26,28H,6-9,11-12,16H2,1-2H3. The van der Waals surface area contributed by atoms with Gasteiger partial charge in [0.1, 0.15) is 5.75 Å². The van der Waals surface area contributed by atoms with Crippen LogP contribution in [-0.4, -0.2) is 23.4 Å². The zero-order chi connectivity index (χ0) is 21.2. The summed E-state index contributed by atoms with van der Waals surface area (Å²) < 4.78 is 7.54. The second kappa shape index (κ2) is 8.78. The van der Waals surface area contributed by atoms with Gasteiger partial charge in [0.25, 0.3) is 0 Å². The van der Waals surface area contributed by atoms with Crippen LogP contribution in [0.3, 0.4) is 0 Å². The van der Waals surface area contributed by atoms with Gasteiger partial charge in [0.05, 0.1) is 19.3 Å². The third-order valence-electron chi connectivity index (χ3n) is 7.05. The first-order valence-corrected chi connectivity index (χ1v) is 11.7. The number of hydrogen-bond donors (Lipinski definition) is 1. The Bertz CT molecular complexity index is 1030. The van der Waals surface area contributed by atoms with E-state index in [1.807, 2.05) is 6.20 Å². The molecule has 31 heavy (non-hydrogen) atoms. The predicted octanol–water partition coefficient (Wildman–Crippen LogP) is 6.59. The van der Waals surface area contributed by atoms with Crippen LogP contribution in [0.25, 0.3) is 11.1 Å². The van der Waals surface area contributed by atoms with Gasteiger partial charge in [-0.3, -0.25) is 4.68 Å². The maximum atomic E-state index is 5.42. The number of benzene rings is 2. The highest BCUT2D eigenvalue weighted by atomic mass is 16.5. The van der Waals surface area contributed by atoms with Crippen LogP contribution in [0.1, 0.15) is 61.6 Å². The minimum atomic E-state index is 0.631. The predicted molar refractivity (Wildman–Crippen MR) is 127 cm³/mol. The lowest BCUT2D eigenvalue weighted by atomic mass is 9.78. The van der Waals surface area contributed by atoms with Gasteiger partial charge in [-0.05, 0) is 92.2 Å². The molecule has 1 aromatic heterocycles. The van der Waals surface area contributed by atoms with Crippen LogP contribution in [0, 0.1) is 12.8 Å². The Morgan fingerprint density at radius 1 is 1.00 bits per heavy atom. The monoisotopic (exact) mass is 415 g/mol. The van der Waals surface area contributed by atoms with Crippen LogP contribution >= 0.6 is 0 Å². The Hall–Kier alpha value is -2.75. The molecule has 0 spiro atoms. The summed E-state index contributed by atoms with van der Waals surface area (Å²) in [5, 5.41) is 8.24. The van der Waals surface area contributed by atoms with Gasteiger partial charge >= 0.3 is 0 Å². The first-order chi connectivity index (χ1) is 15.2. The number of nitrogens with one attached hydrogen (secondary N) is 1. The lowest BCUT2D eigenvalue weighted by Crippen LogP contribution is -2.20. The SMILES string of the molecule is COc1ccc(C2CCC(CNc3cccc(-c4cnn(C5CC5)c4)c3)CC2)cc1C. The normalized spacial score (nSPS) is 21.1. The Kier molecular flexibility index (Phi) is 5.71. The van der Waals surface area contributed by atoms with E-state index in [-0.39, 0.29) is 0 Å². The van der Waals surface area contributed by atoms with Crippen LogP contribution in [0.5, 0.6) is 5.75 Å². The Morgan fingerprint density at radius 2 is 1.84 bits per heavy atom. The highest BCUT2D eigenvalue weighted by Crippen LogP contribution is 2.38. The fraction of sp³-hybridized carbons (Fsp3) is 0.444. The molecule has 4 nitrogen and oxygen atoms in total. The molecule has 0 amide bonds. The number of ether oxygens (including phenoxy) is 1. The van der Waals surface area contributed by atoms with E-state index in [1.165, 1.54) is 66.5 Å². The highest BCUT2D eigenvalue weighted by Gasteiger charge is 2.24. The van der Waals surface area contributed by atoms with Crippen LogP contribution in [-0.2, 0) is 0 Å². The second-order valence-corrected chi connectivity index (χ2v) is 9.35. The van der Waals surface area contributed by atoms with Crippen molar-refractivity contribution in [3.8, 4) is 16.9 Å². The highest BCUT2D eigenvalue weighted by molar-refractivity contribution is 5.67. The molecule has 0 radical (unpaired) electrons. The number of methoxy groups -OCH3 is 1. The van der Waals surface area contributed by atoms with E-state index in [1.54, 1.807) is 7.11 Å². The van der Waals surface area contributed by atoms with E-state index >= 15 is 0 Å². The van der Waals surface area contributed by atoms with Crippen LogP contribution in [0.2, 0.25) is 0 Å². The summed E-state index contributed by atoms with van der Waals surface area (Å²) in [7, 11) is 1.75. The molecule has 1 heterocycles. The number of anilines is 1. The van der Waals surface area contributed by atoms with Crippen molar-refractivity contribution in [3.05, 3.63) is 66.0 Å². The smallest absolute Gasteiger partial charge is 0.121 e. The number of aryl methyl sites for hydroxylation is 1. The van der Waals surface area contributed by atoms with Crippen molar-refractivity contribution in [2.24, 2.45) is 5.92 Å². The van der Waals surface area contributed by atoms with Gasteiger partial charge in [0.15, 0.2) is 0 Å². The Morgan fingerprint density at radius 3 is 2.58 bits per heavy atom. The Labute approximate surface area is 185 Å². The summed E-state index contributed by atoms with van der Waals surface area (Å²) >= 11 is 0. The maximum absolute atomic E-state index is 5.42. The minimum absolute atomic E-state index is 0.631. The quantitative estimate of drug-likeness (QED) is 0.473. The summed E-state index contributed by atoms with van der Waals surface area (Å²) in [5.74, 6) is 2.42. The molecular weight excluding hydrogens is 382 g/mol. The largest absolute Gasteiger partial charge is 0.496 e. The molecule has 162 valence electrons. The zero-order valence-electron chi connectivity index (χ0n) is 18.7. The third-order valence-corrected chi connectivity index (χ3v) is 7.05. The molecule has 5 rings (SSSR count). The third kappa shape index (κ3) is 4.63. The van der Waals surface area contributed by atoms with Crippen molar-refractivity contribution >= 4 is 5.69 Å². The van der Waals surface area contributed by atoms with Crippen molar-refractivity contribution in [3.63, 3.8) is 0 Å². The van der Waals surface area contributed by atoms with Gasteiger partial charge in [-0.1, -0.05) is 24.3 Å². The fourth-order valence-corrected chi connectivity index (χ4v) is 4.95. The molecule has 0 bridgehead atoms. The average Bonchev–Trinajstić information content (AvgIpc) is 3.54. The fourth-order valence-electron chi connectivity index (χ4n) is 4.95. The molecule has 0 saturated heterocycles. The van der Waals surface area contributed by atoms with E-state index in [9.17, 15) is 0 Å². The number of hydrogen-bond acceptors (Lipinski definition) is 3. The van der Waals surface area contributed by atoms with Crippen molar-refractivity contribution in [1.82, 2.24) is 9.78 Å². The van der Waals surface area contributed by atoms with E-state index in [4.69, 9.17) is 4.74 Å². The van der Waals surface area contributed by atoms with Crippen LogP contribution in [0.15, 0.2) is 54.9 Å². The molecule has 3 aromatic rings.